The van der Waals surface area contributed by atoms with E-state index in [0.29, 0.717) is 0 Å². The molecule has 2 aromatic heterocycles. The summed E-state index contributed by atoms with van der Waals surface area (Å²) in [4.78, 5) is 17.8. The predicted molar refractivity (Wildman–Crippen MR) is 68.7 cm³/mol. The van der Waals surface area contributed by atoms with E-state index in [1.807, 2.05) is 35.6 Å². The van der Waals surface area contributed by atoms with Crippen LogP contribution in [0.4, 0.5) is 0 Å². The van der Waals surface area contributed by atoms with Crippen LogP contribution in [-0.2, 0) is 0 Å². The van der Waals surface area contributed by atoms with Gasteiger partial charge in [-0.1, -0.05) is 23.5 Å². The normalized spacial score (nSPS) is 11.2. The molecule has 0 fully saturated rings. The summed E-state index contributed by atoms with van der Waals surface area (Å²) in [5.74, 6) is -0.0536. The van der Waals surface area contributed by atoms with E-state index in [2.05, 4.69) is 10.3 Å². The van der Waals surface area contributed by atoms with Crippen LogP contribution in [0.25, 0.3) is 16.0 Å². The SMILES string of the molecule is CNC(=O)c1sc2nc3ccccc3n2c1C. The molecule has 1 N–H and O–H groups in total. The molecule has 1 amide bonds. The molecular formula is C12H11N3OS. The van der Waals surface area contributed by atoms with Crippen molar-refractivity contribution in [3.63, 3.8) is 0 Å². The van der Waals surface area contributed by atoms with Crippen LogP contribution in [0.15, 0.2) is 24.3 Å². The fourth-order valence-electron chi connectivity index (χ4n) is 1.99. The molecule has 0 atom stereocenters. The first-order valence-corrected chi connectivity index (χ1v) is 6.12. The summed E-state index contributed by atoms with van der Waals surface area (Å²) in [5, 5.41) is 2.65. The molecule has 0 aliphatic heterocycles. The Hall–Kier alpha value is -1.88. The van der Waals surface area contributed by atoms with Gasteiger partial charge in [-0.25, -0.2) is 4.98 Å². The van der Waals surface area contributed by atoms with Gasteiger partial charge in [0.15, 0.2) is 4.96 Å². The van der Waals surface area contributed by atoms with E-state index in [4.69, 9.17) is 0 Å². The number of carbonyl (C=O) groups is 1. The van der Waals surface area contributed by atoms with E-state index < -0.39 is 0 Å². The third kappa shape index (κ3) is 1.36. The molecule has 86 valence electrons. The summed E-state index contributed by atoms with van der Waals surface area (Å²) in [7, 11) is 1.64. The van der Waals surface area contributed by atoms with Crippen molar-refractivity contribution in [1.82, 2.24) is 14.7 Å². The van der Waals surface area contributed by atoms with Gasteiger partial charge in [0, 0.05) is 12.7 Å². The topological polar surface area (TPSA) is 46.4 Å². The summed E-state index contributed by atoms with van der Waals surface area (Å²) >= 11 is 1.42. The molecular weight excluding hydrogens is 234 g/mol. The Labute approximate surface area is 102 Å². The molecule has 17 heavy (non-hydrogen) atoms. The van der Waals surface area contributed by atoms with Gasteiger partial charge in [-0.05, 0) is 19.1 Å². The Morgan fingerprint density at radius 1 is 1.41 bits per heavy atom. The van der Waals surface area contributed by atoms with Gasteiger partial charge >= 0.3 is 0 Å². The number of amides is 1. The van der Waals surface area contributed by atoms with Crippen molar-refractivity contribution in [2.45, 2.75) is 6.92 Å². The number of hydrogen-bond donors (Lipinski definition) is 1. The fraction of sp³-hybridized carbons (Fsp3) is 0.167. The summed E-state index contributed by atoms with van der Waals surface area (Å²) in [5.41, 5.74) is 2.95. The Bertz CT molecular complexity index is 726. The third-order valence-corrected chi connectivity index (χ3v) is 3.96. The van der Waals surface area contributed by atoms with E-state index in [0.717, 1.165) is 26.6 Å². The van der Waals surface area contributed by atoms with Gasteiger partial charge in [0.2, 0.25) is 0 Å². The molecule has 4 nitrogen and oxygen atoms in total. The van der Waals surface area contributed by atoms with E-state index in [9.17, 15) is 4.79 Å². The smallest absolute Gasteiger partial charge is 0.263 e. The molecule has 0 radical (unpaired) electrons. The Morgan fingerprint density at radius 3 is 2.94 bits per heavy atom. The average Bonchev–Trinajstić information content (AvgIpc) is 2.85. The molecule has 0 saturated heterocycles. The van der Waals surface area contributed by atoms with Crippen LogP contribution >= 0.6 is 11.3 Å². The molecule has 3 rings (SSSR count). The second kappa shape index (κ2) is 3.56. The second-order valence-electron chi connectivity index (χ2n) is 3.81. The Balaban J connectivity index is 2.39. The zero-order chi connectivity index (χ0) is 12.0. The van der Waals surface area contributed by atoms with Crippen LogP contribution in [0.3, 0.4) is 0 Å². The lowest BCUT2D eigenvalue weighted by Crippen LogP contribution is -2.17. The molecule has 0 aliphatic rings. The van der Waals surface area contributed by atoms with Gasteiger partial charge in [-0.3, -0.25) is 9.20 Å². The lowest BCUT2D eigenvalue weighted by atomic mass is 10.3. The lowest BCUT2D eigenvalue weighted by Gasteiger charge is -1.98. The van der Waals surface area contributed by atoms with Crippen molar-refractivity contribution in [3.05, 3.63) is 34.8 Å². The number of aromatic nitrogens is 2. The highest BCUT2D eigenvalue weighted by Crippen LogP contribution is 2.27. The van der Waals surface area contributed by atoms with Crippen LogP contribution in [0.5, 0.6) is 0 Å². The molecule has 5 heteroatoms. The van der Waals surface area contributed by atoms with Crippen molar-refractivity contribution < 1.29 is 4.79 Å². The van der Waals surface area contributed by atoms with Gasteiger partial charge in [-0.2, -0.15) is 0 Å². The maximum absolute atomic E-state index is 11.7. The number of hydrogen-bond acceptors (Lipinski definition) is 3. The highest BCUT2D eigenvalue weighted by molar-refractivity contribution is 7.19. The van der Waals surface area contributed by atoms with Gasteiger partial charge < -0.3 is 5.32 Å². The standard InChI is InChI=1S/C12H11N3OS/c1-7-10(11(16)13-2)17-12-14-8-5-3-4-6-9(8)15(7)12/h3-6H,1-2H3,(H,13,16). The number of fused-ring (bicyclic) bond motifs is 3. The average molecular weight is 245 g/mol. The van der Waals surface area contributed by atoms with Crippen LogP contribution in [-0.4, -0.2) is 22.3 Å². The number of nitrogens with one attached hydrogen (secondary N) is 1. The van der Waals surface area contributed by atoms with Gasteiger partial charge in [0.25, 0.3) is 5.91 Å². The second-order valence-corrected chi connectivity index (χ2v) is 4.79. The predicted octanol–water partition coefficient (Wildman–Crippen LogP) is 2.22. The zero-order valence-electron chi connectivity index (χ0n) is 9.52. The quantitative estimate of drug-likeness (QED) is 0.714. The first-order chi connectivity index (χ1) is 8.22. The van der Waals surface area contributed by atoms with Crippen molar-refractivity contribution in [1.29, 1.82) is 0 Å². The number of para-hydroxylation sites is 2. The minimum absolute atomic E-state index is 0.0536. The van der Waals surface area contributed by atoms with E-state index in [1.165, 1.54) is 11.3 Å². The zero-order valence-corrected chi connectivity index (χ0v) is 10.3. The van der Waals surface area contributed by atoms with Crippen molar-refractivity contribution >= 4 is 33.2 Å². The summed E-state index contributed by atoms with van der Waals surface area (Å²) in [6.45, 7) is 1.95. The first kappa shape index (κ1) is 10.3. The van der Waals surface area contributed by atoms with Crippen molar-refractivity contribution in [2.75, 3.05) is 7.05 Å². The van der Waals surface area contributed by atoms with Gasteiger partial charge in [0.1, 0.15) is 4.88 Å². The minimum atomic E-state index is -0.0536. The highest BCUT2D eigenvalue weighted by atomic mass is 32.1. The minimum Gasteiger partial charge on any atom is -0.354 e. The lowest BCUT2D eigenvalue weighted by molar-refractivity contribution is 0.0966. The van der Waals surface area contributed by atoms with Gasteiger partial charge in [0.05, 0.1) is 11.0 Å². The van der Waals surface area contributed by atoms with Crippen LogP contribution in [0.1, 0.15) is 15.4 Å². The number of thiazole rings is 1. The number of carbonyl (C=O) groups excluding carboxylic acids is 1. The van der Waals surface area contributed by atoms with Crippen molar-refractivity contribution in [2.24, 2.45) is 0 Å². The monoisotopic (exact) mass is 245 g/mol. The molecule has 2 heterocycles. The maximum atomic E-state index is 11.7. The molecule has 0 spiro atoms. The summed E-state index contributed by atoms with van der Waals surface area (Å²) < 4.78 is 2.03. The number of nitrogens with zero attached hydrogens (tertiary/aromatic N) is 2. The summed E-state index contributed by atoms with van der Waals surface area (Å²) in [6, 6.07) is 7.94. The van der Waals surface area contributed by atoms with E-state index in [1.54, 1.807) is 7.05 Å². The van der Waals surface area contributed by atoms with Crippen LogP contribution in [0.2, 0.25) is 0 Å². The summed E-state index contributed by atoms with van der Waals surface area (Å²) in [6.07, 6.45) is 0. The molecule has 3 aromatic rings. The van der Waals surface area contributed by atoms with Crippen molar-refractivity contribution in [3.8, 4) is 0 Å². The van der Waals surface area contributed by atoms with E-state index >= 15 is 0 Å². The Kier molecular flexibility index (Phi) is 2.16. The number of aryl methyl sites for hydroxylation is 1. The van der Waals surface area contributed by atoms with Crippen LogP contribution < -0.4 is 5.32 Å². The number of rotatable bonds is 1. The fourth-order valence-corrected chi connectivity index (χ4v) is 3.07. The maximum Gasteiger partial charge on any atom is 0.263 e. The molecule has 0 aliphatic carbocycles. The Morgan fingerprint density at radius 2 is 2.18 bits per heavy atom. The number of benzene rings is 1. The van der Waals surface area contributed by atoms with Gasteiger partial charge in [-0.15, -0.1) is 0 Å². The largest absolute Gasteiger partial charge is 0.354 e. The molecule has 0 bridgehead atoms. The molecule has 0 saturated carbocycles. The van der Waals surface area contributed by atoms with E-state index in [-0.39, 0.29) is 5.91 Å². The molecule has 1 aromatic carbocycles. The van der Waals surface area contributed by atoms with Crippen LogP contribution in [0, 0.1) is 6.92 Å². The molecule has 0 unspecified atom stereocenters. The number of imidazole rings is 1. The highest BCUT2D eigenvalue weighted by Gasteiger charge is 2.17. The third-order valence-electron chi connectivity index (χ3n) is 2.82. The first-order valence-electron chi connectivity index (χ1n) is 5.31.